The summed E-state index contributed by atoms with van der Waals surface area (Å²) in [5.41, 5.74) is 2.98. The van der Waals surface area contributed by atoms with E-state index < -0.39 is 0 Å². The Kier molecular flexibility index (Phi) is 4.71. The van der Waals surface area contributed by atoms with Gasteiger partial charge in [0.05, 0.1) is 30.7 Å². The molecule has 1 fully saturated rings. The molecule has 1 saturated carbocycles. The molecule has 1 aromatic carbocycles. The first kappa shape index (κ1) is 15.7. The molecule has 6 nitrogen and oxygen atoms in total. The second kappa shape index (κ2) is 6.91. The zero-order valence-electron chi connectivity index (χ0n) is 13.2. The lowest BCUT2D eigenvalue weighted by atomic mass is 9.86. The second-order valence-electron chi connectivity index (χ2n) is 5.86. The molecule has 2 aromatic rings. The average Bonchev–Trinajstić information content (AvgIpc) is 3.06. The van der Waals surface area contributed by atoms with E-state index in [1.165, 1.54) is 26.4 Å². The molecule has 0 bridgehead atoms. The van der Waals surface area contributed by atoms with Gasteiger partial charge >= 0.3 is 5.97 Å². The minimum Gasteiger partial charge on any atom is -0.465 e. The number of aliphatic hydroxyl groups is 1. The molecule has 0 amide bonds. The van der Waals surface area contributed by atoms with E-state index in [0.29, 0.717) is 17.2 Å². The molecule has 3 rings (SSSR count). The van der Waals surface area contributed by atoms with Gasteiger partial charge in [0, 0.05) is 5.92 Å². The van der Waals surface area contributed by atoms with Gasteiger partial charge in [-0.3, -0.25) is 0 Å². The Morgan fingerprint density at radius 2 is 1.96 bits per heavy atom. The van der Waals surface area contributed by atoms with E-state index in [-0.39, 0.29) is 12.6 Å². The summed E-state index contributed by atoms with van der Waals surface area (Å²) in [5, 5.41) is 17.9. The quantitative estimate of drug-likeness (QED) is 0.878. The van der Waals surface area contributed by atoms with E-state index in [1.54, 1.807) is 16.8 Å². The van der Waals surface area contributed by atoms with Crippen LogP contribution >= 0.6 is 0 Å². The smallest absolute Gasteiger partial charge is 0.337 e. The molecule has 23 heavy (non-hydrogen) atoms. The van der Waals surface area contributed by atoms with E-state index in [2.05, 4.69) is 10.3 Å². The fourth-order valence-electron chi connectivity index (χ4n) is 3.26. The molecule has 1 aliphatic rings. The maximum absolute atomic E-state index is 11.5. The van der Waals surface area contributed by atoms with Gasteiger partial charge in [0.15, 0.2) is 0 Å². The minimum absolute atomic E-state index is 0.105. The Balaban J connectivity index is 1.96. The molecule has 0 radical (unpaired) electrons. The lowest BCUT2D eigenvalue weighted by Crippen LogP contribution is -2.13. The van der Waals surface area contributed by atoms with Gasteiger partial charge in [-0.05, 0) is 37.1 Å². The van der Waals surface area contributed by atoms with Crippen molar-refractivity contribution < 1.29 is 14.6 Å². The highest BCUT2D eigenvalue weighted by Gasteiger charge is 2.24. The molecule has 0 saturated heterocycles. The maximum atomic E-state index is 11.5. The van der Waals surface area contributed by atoms with E-state index in [1.807, 2.05) is 12.1 Å². The molecular weight excluding hydrogens is 294 g/mol. The monoisotopic (exact) mass is 315 g/mol. The van der Waals surface area contributed by atoms with Crippen LogP contribution in [-0.4, -0.2) is 33.2 Å². The van der Waals surface area contributed by atoms with Gasteiger partial charge < -0.3 is 9.84 Å². The number of carbonyl (C=O) groups excluding carboxylic acids is 1. The predicted octanol–water partition coefficient (Wildman–Crippen LogP) is 2.59. The van der Waals surface area contributed by atoms with Crippen LogP contribution in [0.5, 0.6) is 0 Å². The number of hydrogen-bond donors (Lipinski definition) is 1. The van der Waals surface area contributed by atoms with Crippen LogP contribution in [-0.2, 0) is 11.3 Å². The summed E-state index contributed by atoms with van der Waals surface area (Å²) in [6.45, 7) is -0.105. The number of aromatic nitrogens is 3. The first-order chi connectivity index (χ1) is 11.2. The Morgan fingerprint density at radius 1 is 1.26 bits per heavy atom. The number of benzene rings is 1. The normalized spacial score (nSPS) is 15.6. The van der Waals surface area contributed by atoms with Gasteiger partial charge in [0.1, 0.15) is 5.69 Å². The summed E-state index contributed by atoms with van der Waals surface area (Å²) >= 11 is 0. The fourth-order valence-corrected chi connectivity index (χ4v) is 3.26. The zero-order valence-corrected chi connectivity index (χ0v) is 13.2. The van der Waals surface area contributed by atoms with Crippen LogP contribution in [0.2, 0.25) is 0 Å². The number of nitrogens with zero attached hydrogens (tertiary/aromatic N) is 3. The topological polar surface area (TPSA) is 77.2 Å². The van der Waals surface area contributed by atoms with Crippen molar-refractivity contribution in [1.82, 2.24) is 15.0 Å². The molecule has 1 aliphatic carbocycles. The van der Waals surface area contributed by atoms with Crippen LogP contribution in [0.15, 0.2) is 24.3 Å². The molecule has 0 spiro atoms. The molecule has 1 heterocycles. The van der Waals surface area contributed by atoms with Gasteiger partial charge in [-0.2, -0.15) is 0 Å². The number of aliphatic hydroxyl groups excluding tert-OH is 1. The largest absolute Gasteiger partial charge is 0.465 e. The van der Waals surface area contributed by atoms with Crippen LogP contribution in [0, 0.1) is 0 Å². The van der Waals surface area contributed by atoms with Crippen LogP contribution in [0.25, 0.3) is 5.69 Å². The van der Waals surface area contributed by atoms with Gasteiger partial charge in [-0.25, -0.2) is 9.48 Å². The van der Waals surface area contributed by atoms with E-state index in [0.717, 1.165) is 24.2 Å². The third-order valence-electron chi connectivity index (χ3n) is 4.45. The van der Waals surface area contributed by atoms with Crippen molar-refractivity contribution in [3.05, 3.63) is 41.2 Å². The van der Waals surface area contributed by atoms with Crippen molar-refractivity contribution in [1.29, 1.82) is 0 Å². The van der Waals surface area contributed by atoms with E-state index in [4.69, 9.17) is 4.74 Å². The molecule has 6 heteroatoms. The number of methoxy groups -OCH3 is 1. The van der Waals surface area contributed by atoms with Crippen molar-refractivity contribution in [3.8, 4) is 5.69 Å². The van der Waals surface area contributed by atoms with Crippen molar-refractivity contribution in [3.63, 3.8) is 0 Å². The van der Waals surface area contributed by atoms with E-state index in [9.17, 15) is 9.90 Å². The third-order valence-corrected chi connectivity index (χ3v) is 4.45. The highest BCUT2D eigenvalue weighted by Crippen LogP contribution is 2.34. The van der Waals surface area contributed by atoms with Crippen molar-refractivity contribution in [2.45, 2.75) is 44.6 Å². The average molecular weight is 315 g/mol. The summed E-state index contributed by atoms with van der Waals surface area (Å²) in [6.07, 6.45) is 5.85. The SMILES string of the molecule is COC(=O)c1ccc(-n2nnc(CO)c2C2CCCCC2)cc1. The summed E-state index contributed by atoms with van der Waals surface area (Å²) in [6, 6.07) is 7.08. The lowest BCUT2D eigenvalue weighted by Gasteiger charge is -2.23. The van der Waals surface area contributed by atoms with Crippen molar-refractivity contribution >= 4 is 5.97 Å². The summed E-state index contributed by atoms with van der Waals surface area (Å²) in [5.74, 6) is 0.0138. The zero-order chi connectivity index (χ0) is 16.2. The van der Waals surface area contributed by atoms with Gasteiger partial charge in [0.25, 0.3) is 0 Å². The molecule has 0 aliphatic heterocycles. The number of ether oxygens (including phenoxy) is 1. The van der Waals surface area contributed by atoms with Crippen LogP contribution in [0.1, 0.15) is 59.8 Å². The van der Waals surface area contributed by atoms with Crippen LogP contribution < -0.4 is 0 Å². The second-order valence-corrected chi connectivity index (χ2v) is 5.86. The van der Waals surface area contributed by atoms with Crippen LogP contribution in [0.3, 0.4) is 0 Å². The molecule has 1 N–H and O–H groups in total. The molecule has 0 unspecified atom stereocenters. The maximum Gasteiger partial charge on any atom is 0.337 e. The lowest BCUT2D eigenvalue weighted by molar-refractivity contribution is 0.0600. The molecular formula is C17H21N3O3. The Bertz CT molecular complexity index is 673. The number of carbonyl (C=O) groups is 1. The Labute approximate surface area is 135 Å². The molecule has 1 aromatic heterocycles. The fraction of sp³-hybridized carbons (Fsp3) is 0.471. The highest BCUT2D eigenvalue weighted by molar-refractivity contribution is 5.89. The van der Waals surface area contributed by atoms with Gasteiger partial charge in [-0.15, -0.1) is 5.10 Å². The number of rotatable bonds is 4. The summed E-state index contributed by atoms with van der Waals surface area (Å²) in [4.78, 5) is 11.5. The summed E-state index contributed by atoms with van der Waals surface area (Å²) < 4.78 is 6.51. The Morgan fingerprint density at radius 3 is 2.57 bits per heavy atom. The summed E-state index contributed by atoms with van der Waals surface area (Å²) in [7, 11) is 1.36. The number of esters is 1. The first-order valence-corrected chi connectivity index (χ1v) is 7.98. The predicted molar refractivity (Wildman–Crippen MR) is 84.4 cm³/mol. The van der Waals surface area contributed by atoms with Gasteiger partial charge in [0.2, 0.25) is 0 Å². The number of hydrogen-bond acceptors (Lipinski definition) is 5. The Hall–Kier alpha value is -2.21. The standard InChI is InChI=1S/C17H21N3O3/c1-23-17(22)13-7-9-14(10-8-13)20-16(15(11-21)18-19-20)12-5-3-2-4-6-12/h7-10,12,21H,2-6,11H2,1H3. The minimum atomic E-state index is -0.362. The van der Waals surface area contributed by atoms with Gasteiger partial charge in [-0.1, -0.05) is 24.5 Å². The highest BCUT2D eigenvalue weighted by atomic mass is 16.5. The third kappa shape index (κ3) is 3.12. The van der Waals surface area contributed by atoms with Crippen molar-refractivity contribution in [2.24, 2.45) is 0 Å². The van der Waals surface area contributed by atoms with Crippen molar-refractivity contribution in [2.75, 3.05) is 7.11 Å². The van der Waals surface area contributed by atoms with Crippen LogP contribution in [0.4, 0.5) is 0 Å². The van der Waals surface area contributed by atoms with E-state index >= 15 is 0 Å². The molecule has 122 valence electrons. The first-order valence-electron chi connectivity index (χ1n) is 7.98. The molecule has 0 atom stereocenters.